The molecule has 0 radical (unpaired) electrons. The lowest BCUT2D eigenvalue weighted by Gasteiger charge is -2.32. The summed E-state index contributed by atoms with van der Waals surface area (Å²) in [5.41, 5.74) is 10.0. The predicted octanol–water partition coefficient (Wildman–Crippen LogP) is 6.58. The number of amides is 3. The van der Waals surface area contributed by atoms with Crippen LogP contribution >= 0.6 is 0 Å². The lowest BCUT2D eigenvalue weighted by atomic mass is 9.89. The van der Waals surface area contributed by atoms with E-state index in [1.165, 1.54) is 11.1 Å². The predicted molar refractivity (Wildman–Crippen MR) is 216 cm³/mol. The van der Waals surface area contributed by atoms with E-state index in [1.54, 1.807) is 6.33 Å². The Balaban J connectivity index is 0.883. The summed E-state index contributed by atoms with van der Waals surface area (Å²) in [6.07, 6.45) is 6.67. The van der Waals surface area contributed by atoms with Crippen LogP contribution in [-0.4, -0.2) is 66.5 Å². The van der Waals surface area contributed by atoms with Gasteiger partial charge in [0.05, 0.1) is 11.2 Å². The first kappa shape index (κ1) is 37.7. The van der Waals surface area contributed by atoms with E-state index < -0.39 is 0 Å². The van der Waals surface area contributed by atoms with Crippen LogP contribution in [0.4, 0.5) is 5.69 Å². The number of aromatic nitrogens is 5. The molecule has 13 heteroatoms. The van der Waals surface area contributed by atoms with Crippen molar-refractivity contribution in [3.63, 3.8) is 0 Å². The van der Waals surface area contributed by atoms with E-state index in [2.05, 4.69) is 95.8 Å². The van der Waals surface area contributed by atoms with E-state index in [0.717, 1.165) is 77.2 Å². The van der Waals surface area contributed by atoms with Gasteiger partial charge in [-0.1, -0.05) is 68.4 Å². The van der Waals surface area contributed by atoms with Gasteiger partial charge in [-0.3, -0.25) is 24.6 Å². The number of nitrogens with zero attached hydrogens (tertiary/aromatic N) is 6. The van der Waals surface area contributed by atoms with Crippen LogP contribution in [0.15, 0.2) is 89.8 Å². The largest absolute Gasteiger partial charge is 0.374 e. The molecule has 0 saturated carbocycles. The van der Waals surface area contributed by atoms with Crippen molar-refractivity contribution in [3.8, 4) is 22.4 Å². The van der Waals surface area contributed by atoms with Crippen LogP contribution in [0.1, 0.15) is 91.1 Å². The van der Waals surface area contributed by atoms with Crippen LogP contribution in [0.2, 0.25) is 0 Å². The van der Waals surface area contributed by atoms with Crippen LogP contribution in [-0.2, 0) is 28.1 Å². The number of carbonyl (C=O) groups excluding carboxylic acids is 3. The number of aryl methyl sites for hydroxylation is 1. The first-order chi connectivity index (χ1) is 27.5. The second-order valence-corrected chi connectivity index (χ2v) is 16.2. The molecule has 0 bridgehead atoms. The van der Waals surface area contributed by atoms with E-state index in [4.69, 9.17) is 4.52 Å². The maximum absolute atomic E-state index is 12.7. The van der Waals surface area contributed by atoms with Crippen molar-refractivity contribution in [2.24, 2.45) is 0 Å². The highest BCUT2D eigenvalue weighted by molar-refractivity contribution is 6.01. The van der Waals surface area contributed by atoms with Gasteiger partial charge in [-0.2, -0.15) is 10.1 Å². The summed E-state index contributed by atoms with van der Waals surface area (Å²) in [5.74, 6) is 0.0894. The number of imide groups is 1. The smallest absolute Gasteiger partial charge is 0.292 e. The quantitative estimate of drug-likeness (QED) is 0.130. The minimum absolute atomic E-state index is 0.0240. The summed E-state index contributed by atoms with van der Waals surface area (Å²) < 4.78 is 7.16. The molecule has 3 amide bonds. The number of benzene rings is 3. The highest BCUT2D eigenvalue weighted by Gasteiger charge is 2.27. The molecule has 1 atom stereocenters. The molecule has 1 unspecified atom stereocenters. The number of nitrogens with one attached hydrogen (secondary N) is 3. The van der Waals surface area contributed by atoms with Crippen molar-refractivity contribution < 1.29 is 18.9 Å². The Morgan fingerprint density at radius 3 is 2.49 bits per heavy atom. The number of hydrogen-bond acceptors (Lipinski definition) is 10. The number of hydrogen-bond donors (Lipinski definition) is 3. The molecule has 2 aliphatic heterocycles. The Bertz CT molecular complexity index is 2440. The number of anilines is 1. The summed E-state index contributed by atoms with van der Waals surface area (Å²) in [6, 6.07) is 25.0. The van der Waals surface area contributed by atoms with Crippen molar-refractivity contribution in [2.45, 2.75) is 83.8 Å². The molecule has 57 heavy (non-hydrogen) atoms. The third-order valence-corrected chi connectivity index (χ3v) is 10.9. The fourth-order valence-corrected chi connectivity index (χ4v) is 7.64. The lowest BCUT2D eigenvalue weighted by Crippen LogP contribution is -2.47. The molecule has 2 aliphatic rings. The van der Waals surface area contributed by atoms with Gasteiger partial charge in [-0.25, -0.2) is 9.50 Å². The number of rotatable bonds is 10. The average molecular weight is 766 g/mol. The SMILES string of the molecule is Cc1cc(-c2ncnn3cc(-c4cccc(CN5CCC(c6ccc(NC7CCC(=O)NC7=O)cc6)CC5)c4)cc23)ccc1CNC(=O)c1noc(C(C)(C)C)n1. The lowest BCUT2D eigenvalue weighted by molar-refractivity contribution is -0.133. The van der Waals surface area contributed by atoms with E-state index in [9.17, 15) is 14.4 Å². The molecule has 8 rings (SSSR count). The van der Waals surface area contributed by atoms with Gasteiger partial charge in [-0.15, -0.1) is 0 Å². The summed E-state index contributed by atoms with van der Waals surface area (Å²) in [6.45, 7) is 11.1. The maximum Gasteiger partial charge on any atom is 0.292 e. The standard InChI is InChI=1S/C44H47N9O4/c1-27-20-32(8-9-33(27)23-45-42(56)40-50-43(57-51-40)44(2,3)4)39-37-22-34(25-53(37)47-26-46-39)31-7-5-6-28(21-31)24-52-18-16-30(17-19-52)29-10-12-35(13-11-29)48-36-14-15-38(54)49-41(36)55/h5-13,20-22,25-26,30,36,48H,14-19,23-24H2,1-4H3,(H,45,56)(H,49,54,55). The third kappa shape index (κ3) is 8.48. The Kier molecular flexibility index (Phi) is 10.4. The highest BCUT2D eigenvalue weighted by atomic mass is 16.5. The van der Waals surface area contributed by atoms with Gasteiger partial charge in [0.25, 0.3) is 11.7 Å². The first-order valence-electron chi connectivity index (χ1n) is 19.5. The fraction of sp³-hybridized carbons (Fsp3) is 0.341. The number of fused-ring (bicyclic) bond motifs is 1. The molecule has 6 aromatic rings. The zero-order valence-electron chi connectivity index (χ0n) is 32.7. The van der Waals surface area contributed by atoms with Crippen molar-refractivity contribution >= 4 is 28.9 Å². The van der Waals surface area contributed by atoms with E-state index in [-0.39, 0.29) is 35.0 Å². The zero-order chi connectivity index (χ0) is 39.7. The second kappa shape index (κ2) is 15.7. The molecule has 0 aliphatic carbocycles. The minimum Gasteiger partial charge on any atom is -0.374 e. The molecule has 3 aromatic carbocycles. The molecule has 3 N–H and O–H groups in total. The molecule has 2 saturated heterocycles. The molecule has 292 valence electrons. The van der Waals surface area contributed by atoms with Crippen LogP contribution < -0.4 is 16.0 Å². The van der Waals surface area contributed by atoms with Gasteiger partial charge >= 0.3 is 0 Å². The molecule has 13 nitrogen and oxygen atoms in total. The van der Waals surface area contributed by atoms with E-state index >= 15 is 0 Å². The number of piperidine rings is 2. The summed E-state index contributed by atoms with van der Waals surface area (Å²) in [4.78, 5) is 47.8. The summed E-state index contributed by atoms with van der Waals surface area (Å²) in [7, 11) is 0. The molecule has 3 aromatic heterocycles. The number of carbonyl (C=O) groups is 3. The molecular formula is C44H47N9O4. The Morgan fingerprint density at radius 1 is 0.947 bits per heavy atom. The van der Waals surface area contributed by atoms with E-state index in [0.29, 0.717) is 31.2 Å². The summed E-state index contributed by atoms with van der Waals surface area (Å²) in [5, 5.41) is 17.0. The molecule has 2 fully saturated rings. The highest BCUT2D eigenvalue weighted by Crippen LogP contribution is 2.32. The van der Waals surface area contributed by atoms with Gasteiger partial charge in [0.1, 0.15) is 12.4 Å². The van der Waals surface area contributed by atoms with Crippen LogP contribution in [0.3, 0.4) is 0 Å². The second-order valence-electron chi connectivity index (χ2n) is 16.2. The normalized spacial score (nSPS) is 16.8. The molecule has 0 spiro atoms. The topological polar surface area (TPSA) is 160 Å². The van der Waals surface area contributed by atoms with Crippen LogP contribution in [0.25, 0.3) is 27.9 Å². The van der Waals surface area contributed by atoms with Crippen molar-refractivity contribution in [2.75, 3.05) is 18.4 Å². The van der Waals surface area contributed by atoms with Crippen molar-refractivity contribution in [1.29, 1.82) is 0 Å². The van der Waals surface area contributed by atoms with E-state index in [1.807, 2.05) is 56.5 Å². The van der Waals surface area contributed by atoms with Gasteiger partial charge in [0.2, 0.25) is 17.7 Å². The van der Waals surface area contributed by atoms with Crippen LogP contribution in [0, 0.1) is 6.92 Å². The number of likely N-dealkylation sites (tertiary alicyclic amines) is 1. The van der Waals surface area contributed by atoms with Gasteiger partial charge in [0, 0.05) is 47.9 Å². The van der Waals surface area contributed by atoms with Gasteiger partial charge < -0.3 is 15.2 Å². The molecular weight excluding hydrogens is 719 g/mol. The van der Waals surface area contributed by atoms with Crippen LogP contribution in [0.5, 0.6) is 0 Å². The van der Waals surface area contributed by atoms with Gasteiger partial charge in [-0.05, 0) is 103 Å². The summed E-state index contributed by atoms with van der Waals surface area (Å²) >= 11 is 0. The monoisotopic (exact) mass is 765 g/mol. The van der Waals surface area contributed by atoms with Crippen molar-refractivity contribution in [1.82, 2.24) is 40.3 Å². The average Bonchev–Trinajstić information content (AvgIpc) is 3.89. The Hall–Kier alpha value is -6.21. The van der Waals surface area contributed by atoms with Crippen molar-refractivity contribution in [3.05, 3.63) is 119 Å². The fourth-order valence-electron chi connectivity index (χ4n) is 7.64. The minimum atomic E-state index is -0.383. The Morgan fingerprint density at radius 2 is 1.75 bits per heavy atom. The first-order valence-corrected chi connectivity index (χ1v) is 19.5. The third-order valence-electron chi connectivity index (χ3n) is 10.9. The molecule has 5 heterocycles. The zero-order valence-corrected chi connectivity index (χ0v) is 32.7. The Labute approximate surface area is 331 Å². The van der Waals surface area contributed by atoms with Gasteiger partial charge in [0.15, 0.2) is 0 Å². The maximum atomic E-state index is 12.7.